The van der Waals surface area contributed by atoms with E-state index in [-0.39, 0.29) is 0 Å². The van der Waals surface area contributed by atoms with E-state index in [1.54, 1.807) is 0 Å². The zero-order chi connectivity index (χ0) is 13.5. The van der Waals surface area contributed by atoms with Gasteiger partial charge in [-0.05, 0) is 36.4 Å². The number of anilines is 1. The molecule has 0 heterocycles. The maximum absolute atomic E-state index is 5.16. The Balaban J connectivity index is 1.85. The monoisotopic (exact) mass is 351 g/mol. The highest BCUT2D eigenvalue weighted by Gasteiger charge is 1.97. The maximum Gasteiger partial charge on any atom is 0.162 e. The van der Waals surface area contributed by atoms with Gasteiger partial charge in [-0.15, -0.1) is 9.63 Å². The Morgan fingerprint density at radius 1 is 1.05 bits per heavy atom. The second-order valence-corrected chi connectivity index (χ2v) is 5.86. The molecular weight excluding hydrogens is 342 g/mol. The Hall–Kier alpha value is -1.24. The first kappa shape index (κ1) is 14.2. The minimum absolute atomic E-state index is 0.562. The first-order chi connectivity index (χ1) is 9.24. The van der Waals surface area contributed by atoms with Crippen molar-refractivity contribution in [3.05, 3.63) is 59.1 Å². The predicted molar refractivity (Wildman–Crippen MR) is 88.9 cm³/mol. The third-order valence-corrected chi connectivity index (χ3v) is 3.41. The molecule has 2 aromatic rings. The van der Waals surface area contributed by atoms with Crippen LogP contribution in [0.3, 0.4) is 0 Å². The molecule has 1 N–H and O–H groups in total. The highest BCUT2D eigenvalue weighted by atomic mass is 79.9. The van der Waals surface area contributed by atoms with Crippen molar-refractivity contribution < 1.29 is 0 Å². The van der Waals surface area contributed by atoms with Gasteiger partial charge in [-0.25, -0.2) is 0 Å². The minimum atomic E-state index is 0.562. The largest absolute Gasteiger partial charge is 0.340 e. The summed E-state index contributed by atoms with van der Waals surface area (Å²) in [7, 11) is 0. The fraction of sp³-hybridized carbons (Fsp3) is 0. The standard InChI is InChI=1S/C13H10BrN3S2/c14-10-6-8-12(9-7-10)16-17-19-13(18)15-11-4-2-1-3-5-11/h1-9H,(H,15,18). The smallest absolute Gasteiger partial charge is 0.162 e. The van der Waals surface area contributed by atoms with E-state index in [0.717, 1.165) is 27.8 Å². The summed E-state index contributed by atoms with van der Waals surface area (Å²) in [6, 6.07) is 17.3. The number of halogens is 1. The molecule has 0 bridgehead atoms. The van der Waals surface area contributed by atoms with Gasteiger partial charge in [0.1, 0.15) is 0 Å². The lowest BCUT2D eigenvalue weighted by Gasteiger charge is -2.02. The normalized spacial score (nSPS) is 10.6. The minimum Gasteiger partial charge on any atom is -0.340 e. The van der Waals surface area contributed by atoms with Gasteiger partial charge in [0.25, 0.3) is 0 Å². The van der Waals surface area contributed by atoms with Crippen LogP contribution >= 0.6 is 40.1 Å². The van der Waals surface area contributed by atoms with Crippen LogP contribution in [-0.4, -0.2) is 4.32 Å². The third kappa shape index (κ3) is 5.10. The molecule has 0 aliphatic heterocycles. The molecule has 0 atom stereocenters. The fourth-order valence-electron chi connectivity index (χ4n) is 1.27. The summed E-state index contributed by atoms with van der Waals surface area (Å²) in [5.41, 5.74) is 1.73. The van der Waals surface area contributed by atoms with Crippen molar-refractivity contribution in [1.29, 1.82) is 0 Å². The summed E-state index contributed by atoms with van der Waals surface area (Å²) in [4.78, 5) is 0. The number of nitrogens with zero attached hydrogens (tertiary/aromatic N) is 2. The Morgan fingerprint density at radius 2 is 1.74 bits per heavy atom. The molecule has 19 heavy (non-hydrogen) atoms. The molecular formula is C13H10BrN3S2. The van der Waals surface area contributed by atoms with Crippen LogP contribution in [0.5, 0.6) is 0 Å². The zero-order valence-electron chi connectivity index (χ0n) is 9.79. The summed E-state index contributed by atoms with van der Waals surface area (Å²) in [5, 5.41) is 7.14. The van der Waals surface area contributed by atoms with Crippen molar-refractivity contribution in [2.45, 2.75) is 0 Å². The lowest BCUT2D eigenvalue weighted by molar-refractivity contribution is 1.34. The van der Waals surface area contributed by atoms with E-state index in [1.165, 1.54) is 0 Å². The number of rotatable bonds is 3. The molecule has 2 rings (SSSR count). The van der Waals surface area contributed by atoms with E-state index in [2.05, 4.69) is 30.9 Å². The number of thiocarbonyl (C=S) groups is 1. The third-order valence-electron chi connectivity index (χ3n) is 2.13. The molecule has 0 aliphatic rings. The van der Waals surface area contributed by atoms with E-state index in [1.807, 2.05) is 54.6 Å². The maximum atomic E-state index is 5.16. The van der Waals surface area contributed by atoms with Crippen LogP contribution in [0, 0.1) is 0 Å². The highest BCUT2D eigenvalue weighted by molar-refractivity contribution is 9.10. The predicted octanol–water partition coefficient (Wildman–Crippen LogP) is 5.58. The summed E-state index contributed by atoms with van der Waals surface area (Å²) in [5.74, 6) is 0. The Kier molecular flexibility index (Phi) is 5.50. The van der Waals surface area contributed by atoms with E-state index in [4.69, 9.17) is 12.2 Å². The van der Waals surface area contributed by atoms with Crippen LogP contribution in [-0.2, 0) is 0 Å². The quantitative estimate of drug-likeness (QED) is 0.445. The van der Waals surface area contributed by atoms with Gasteiger partial charge in [-0.2, -0.15) is 0 Å². The second-order valence-electron chi connectivity index (χ2n) is 3.53. The van der Waals surface area contributed by atoms with Crippen LogP contribution < -0.4 is 5.32 Å². The van der Waals surface area contributed by atoms with Gasteiger partial charge in [0, 0.05) is 10.2 Å². The molecule has 6 heteroatoms. The van der Waals surface area contributed by atoms with Gasteiger partial charge < -0.3 is 5.32 Å². The SMILES string of the molecule is S=C(Nc1ccccc1)SN=Nc1ccc(Br)cc1. The first-order valence-electron chi connectivity index (χ1n) is 5.44. The number of hydrogen-bond acceptors (Lipinski definition) is 4. The van der Waals surface area contributed by atoms with E-state index >= 15 is 0 Å². The molecule has 0 aromatic heterocycles. The van der Waals surface area contributed by atoms with E-state index < -0.39 is 0 Å². The lowest BCUT2D eigenvalue weighted by Crippen LogP contribution is -2.02. The van der Waals surface area contributed by atoms with Crippen molar-refractivity contribution in [3.63, 3.8) is 0 Å². The van der Waals surface area contributed by atoms with E-state index in [0.29, 0.717) is 4.32 Å². The van der Waals surface area contributed by atoms with Crippen molar-refractivity contribution >= 4 is 55.8 Å². The molecule has 0 amide bonds. The van der Waals surface area contributed by atoms with Crippen molar-refractivity contribution in [3.8, 4) is 0 Å². The van der Waals surface area contributed by atoms with E-state index in [9.17, 15) is 0 Å². The van der Waals surface area contributed by atoms with Crippen molar-refractivity contribution in [2.24, 2.45) is 9.63 Å². The molecule has 0 saturated carbocycles. The summed E-state index contributed by atoms with van der Waals surface area (Å²) in [6.07, 6.45) is 0. The van der Waals surface area contributed by atoms with Crippen molar-refractivity contribution in [1.82, 2.24) is 0 Å². The number of hydrogen-bond donors (Lipinski definition) is 1. The van der Waals surface area contributed by atoms with Crippen LogP contribution in [0.4, 0.5) is 11.4 Å². The lowest BCUT2D eigenvalue weighted by atomic mass is 10.3. The number of benzene rings is 2. The second kappa shape index (κ2) is 7.37. The Labute approximate surface area is 129 Å². The number of nitrogens with one attached hydrogen (secondary N) is 1. The van der Waals surface area contributed by atoms with Crippen LogP contribution in [0.1, 0.15) is 0 Å². The van der Waals surface area contributed by atoms with Crippen molar-refractivity contribution in [2.75, 3.05) is 5.32 Å². The van der Waals surface area contributed by atoms with Crippen LogP contribution in [0.25, 0.3) is 0 Å². The average molecular weight is 352 g/mol. The molecule has 3 nitrogen and oxygen atoms in total. The van der Waals surface area contributed by atoms with Crippen LogP contribution in [0.15, 0.2) is 68.7 Å². The molecule has 0 saturated heterocycles. The average Bonchev–Trinajstić information content (AvgIpc) is 2.42. The van der Waals surface area contributed by atoms with Gasteiger partial charge in [0.05, 0.1) is 17.6 Å². The Bertz CT molecular complexity index is 570. The summed E-state index contributed by atoms with van der Waals surface area (Å²) in [6.45, 7) is 0. The van der Waals surface area contributed by atoms with Crippen LogP contribution in [0.2, 0.25) is 0 Å². The Morgan fingerprint density at radius 3 is 2.42 bits per heavy atom. The van der Waals surface area contributed by atoms with Gasteiger partial charge in [0.15, 0.2) is 4.32 Å². The van der Waals surface area contributed by atoms with Gasteiger partial charge in [0.2, 0.25) is 0 Å². The molecule has 0 unspecified atom stereocenters. The molecule has 0 spiro atoms. The summed E-state index contributed by atoms with van der Waals surface area (Å²) < 4.78 is 5.57. The zero-order valence-corrected chi connectivity index (χ0v) is 13.0. The first-order valence-corrected chi connectivity index (χ1v) is 7.41. The summed E-state index contributed by atoms with van der Waals surface area (Å²) >= 11 is 9.67. The van der Waals surface area contributed by atoms with Gasteiger partial charge in [-0.3, -0.25) is 0 Å². The highest BCUT2D eigenvalue weighted by Crippen LogP contribution is 2.20. The topological polar surface area (TPSA) is 36.8 Å². The molecule has 2 aromatic carbocycles. The number of para-hydroxylation sites is 1. The molecule has 0 radical (unpaired) electrons. The van der Waals surface area contributed by atoms with Gasteiger partial charge >= 0.3 is 0 Å². The molecule has 96 valence electrons. The van der Waals surface area contributed by atoms with Gasteiger partial charge in [-0.1, -0.05) is 46.3 Å². The fourth-order valence-corrected chi connectivity index (χ4v) is 2.13. The molecule has 0 fully saturated rings. The molecule has 0 aliphatic carbocycles.